The molecule has 0 spiro atoms. The van der Waals surface area contributed by atoms with Crippen molar-refractivity contribution in [3.05, 3.63) is 17.0 Å². The van der Waals surface area contributed by atoms with Crippen LogP contribution >= 0.6 is 0 Å². The quantitative estimate of drug-likeness (QED) is 0.770. The molecule has 0 unspecified atom stereocenters. The van der Waals surface area contributed by atoms with Gasteiger partial charge in [-0.15, -0.1) is 0 Å². The van der Waals surface area contributed by atoms with Crippen LogP contribution in [0.2, 0.25) is 0 Å². The summed E-state index contributed by atoms with van der Waals surface area (Å²) in [5.41, 5.74) is 3.30. The third-order valence-corrected chi connectivity index (χ3v) is 2.72. The Labute approximate surface area is 84.5 Å². The van der Waals surface area contributed by atoms with E-state index in [9.17, 15) is 5.11 Å². The van der Waals surface area contributed by atoms with Crippen LogP contribution in [0, 0.1) is 5.92 Å². The van der Waals surface area contributed by atoms with E-state index in [0.717, 1.165) is 23.4 Å². The van der Waals surface area contributed by atoms with Crippen molar-refractivity contribution in [1.82, 2.24) is 10.2 Å². The molecule has 3 heteroatoms. The Hall–Kier alpha value is -0.830. The van der Waals surface area contributed by atoms with Gasteiger partial charge in [-0.1, -0.05) is 13.8 Å². The Kier molecular flexibility index (Phi) is 2.59. The number of hydrogen-bond donors (Lipinski definition) is 2. The van der Waals surface area contributed by atoms with Gasteiger partial charge >= 0.3 is 0 Å². The van der Waals surface area contributed by atoms with E-state index in [-0.39, 0.29) is 6.61 Å². The molecule has 0 saturated heterocycles. The average molecular weight is 194 g/mol. The summed E-state index contributed by atoms with van der Waals surface area (Å²) < 4.78 is 0. The fraction of sp³-hybridized carbons (Fsp3) is 0.727. The highest BCUT2D eigenvalue weighted by Gasteiger charge is 2.29. The minimum atomic E-state index is 0.129. The molecule has 0 aromatic carbocycles. The zero-order chi connectivity index (χ0) is 10.1. The van der Waals surface area contributed by atoms with Crippen LogP contribution < -0.4 is 0 Å². The van der Waals surface area contributed by atoms with Gasteiger partial charge in [0.15, 0.2) is 0 Å². The number of aliphatic hydroxyl groups is 1. The van der Waals surface area contributed by atoms with Crippen LogP contribution in [0.5, 0.6) is 0 Å². The molecule has 0 aliphatic heterocycles. The van der Waals surface area contributed by atoms with E-state index >= 15 is 0 Å². The zero-order valence-electron chi connectivity index (χ0n) is 8.88. The van der Waals surface area contributed by atoms with E-state index in [4.69, 9.17) is 0 Å². The number of hydrogen-bond acceptors (Lipinski definition) is 2. The molecule has 1 heterocycles. The van der Waals surface area contributed by atoms with Crippen molar-refractivity contribution in [1.29, 1.82) is 0 Å². The molecule has 1 aliphatic carbocycles. The van der Waals surface area contributed by atoms with Crippen molar-refractivity contribution in [3.63, 3.8) is 0 Å². The summed E-state index contributed by atoms with van der Waals surface area (Å²) in [6.07, 6.45) is 3.45. The largest absolute Gasteiger partial charge is 0.392 e. The molecule has 14 heavy (non-hydrogen) atoms. The Morgan fingerprint density at radius 2 is 2.21 bits per heavy atom. The SMILES string of the molecule is CC(C)Cc1[nH]nc(C2CC2)c1CO. The van der Waals surface area contributed by atoms with Gasteiger partial charge in [-0.3, -0.25) is 5.10 Å². The lowest BCUT2D eigenvalue weighted by Gasteiger charge is -2.04. The maximum absolute atomic E-state index is 9.32. The Morgan fingerprint density at radius 3 is 2.71 bits per heavy atom. The van der Waals surface area contributed by atoms with E-state index in [0.29, 0.717) is 11.8 Å². The third kappa shape index (κ3) is 1.82. The first-order valence-corrected chi connectivity index (χ1v) is 5.39. The summed E-state index contributed by atoms with van der Waals surface area (Å²) in [5, 5.41) is 16.7. The number of aromatic nitrogens is 2. The fourth-order valence-corrected chi connectivity index (χ4v) is 1.87. The number of H-pyrrole nitrogens is 1. The summed E-state index contributed by atoms with van der Waals surface area (Å²) in [6, 6.07) is 0. The molecule has 78 valence electrons. The van der Waals surface area contributed by atoms with Gasteiger partial charge in [-0.2, -0.15) is 5.10 Å². The topological polar surface area (TPSA) is 48.9 Å². The normalized spacial score (nSPS) is 16.6. The molecular formula is C11H18N2O. The number of aliphatic hydroxyl groups excluding tert-OH is 1. The van der Waals surface area contributed by atoms with Crippen molar-refractivity contribution in [2.45, 2.75) is 45.6 Å². The highest BCUT2D eigenvalue weighted by atomic mass is 16.3. The molecule has 2 N–H and O–H groups in total. The molecule has 1 aliphatic rings. The Balaban J connectivity index is 2.22. The molecule has 1 aromatic rings. The van der Waals surface area contributed by atoms with Gasteiger partial charge in [0.25, 0.3) is 0 Å². The van der Waals surface area contributed by atoms with Gasteiger partial charge in [0.1, 0.15) is 0 Å². The Bertz CT molecular complexity index is 313. The zero-order valence-corrected chi connectivity index (χ0v) is 8.88. The molecule has 0 radical (unpaired) electrons. The average Bonchev–Trinajstić information content (AvgIpc) is 2.88. The first kappa shape index (κ1) is 9.71. The van der Waals surface area contributed by atoms with Crippen LogP contribution in [0.1, 0.15) is 49.6 Å². The molecule has 0 bridgehead atoms. The highest BCUT2D eigenvalue weighted by Crippen LogP contribution is 2.41. The van der Waals surface area contributed by atoms with E-state index in [1.165, 1.54) is 12.8 Å². The first-order chi connectivity index (χ1) is 6.72. The predicted molar refractivity (Wildman–Crippen MR) is 55.0 cm³/mol. The summed E-state index contributed by atoms with van der Waals surface area (Å²) in [4.78, 5) is 0. The summed E-state index contributed by atoms with van der Waals surface area (Å²) in [5.74, 6) is 1.22. The van der Waals surface area contributed by atoms with Gasteiger partial charge < -0.3 is 5.11 Å². The molecule has 0 amide bonds. The van der Waals surface area contributed by atoms with Crippen LogP contribution in [0.3, 0.4) is 0 Å². The molecule has 2 rings (SSSR count). The monoisotopic (exact) mass is 194 g/mol. The first-order valence-electron chi connectivity index (χ1n) is 5.39. The Morgan fingerprint density at radius 1 is 1.50 bits per heavy atom. The number of rotatable bonds is 4. The van der Waals surface area contributed by atoms with Crippen molar-refractivity contribution < 1.29 is 5.11 Å². The predicted octanol–water partition coefficient (Wildman–Crippen LogP) is 1.98. The van der Waals surface area contributed by atoms with Crippen LogP contribution in [-0.4, -0.2) is 15.3 Å². The molecule has 1 fully saturated rings. The van der Waals surface area contributed by atoms with Gasteiger partial charge in [0, 0.05) is 17.2 Å². The van der Waals surface area contributed by atoms with Gasteiger partial charge in [0.2, 0.25) is 0 Å². The lowest BCUT2D eigenvalue weighted by molar-refractivity contribution is 0.279. The smallest absolute Gasteiger partial charge is 0.0718 e. The third-order valence-electron chi connectivity index (χ3n) is 2.72. The maximum Gasteiger partial charge on any atom is 0.0718 e. The summed E-state index contributed by atoms with van der Waals surface area (Å²) in [6.45, 7) is 4.49. The van der Waals surface area contributed by atoms with Gasteiger partial charge in [-0.05, 0) is 25.2 Å². The second-order valence-corrected chi connectivity index (χ2v) is 4.60. The maximum atomic E-state index is 9.32. The van der Waals surface area contributed by atoms with Crippen molar-refractivity contribution >= 4 is 0 Å². The second kappa shape index (κ2) is 3.73. The number of aromatic amines is 1. The van der Waals surface area contributed by atoms with Crippen LogP contribution in [0.4, 0.5) is 0 Å². The number of nitrogens with zero attached hydrogens (tertiary/aromatic N) is 1. The number of nitrogens with one attached hydrogen (secondary N) is 1. The standard InChI is InChI=1S/C11H18N2O/c1-7(2)5-10-9(6-14)11(13-12-10)8-3-4-8/h7-8,14H,3-6H2,1-2H3,(H,12,13). The van der Waals surface area contributed by atoms with Crippen LogP contribution in [-0.2, 0) is 13.0 Å². The van der Waals surface area contributed by atoms with Crippen molar-refractivity contribution in [2.75, 3.05) is 0 Å². The molecule has 1 saturated carbocycles. The van der Waals surface area contributed by atoms with E-state index in [2.05, 4.69) is 24.0 Å². The van der Waals surface area contributed by atoms with Crippen LogP contribution in [0.15, 0.2) is 0 Å². The van der Waals surface area contributed by atoms with Crippen LogP contribution in [0.25, 0.3) is 0 Å². The van der Waals surface area contributed by atoms with Gasteiger partial charge in [-0.25, -0.2) is 0 Å². The summed E-state index contributed by atoms with van der Waals surface area (Å²) in [7, 11) is 0. The molecular weight excluding hydrogens is 176 g/mol. The second-order valence-electron chi connectivity index (χ2n) is 4.60. The molecule has 1 aromatic heterocycles. The highest BCUT2D eigenvalue weighted by molar-refractivity contribution is 5.30. The molecule has 3 nitrogen and oxygen atoms in total. The minimum absolute atomic E-state index is 0.129. The van der Waals surface area contributed by atoms with E-state index in [1.54, 1.807) is 0 Å². The lowest BCUT2D eigenvalue weighted by atomic mass is 10.0. The van der Waals surface area contributed by atoms with Crippen molar-refractivity contribution in [2.24, 2.45) is 5.92 Å². The summed E-state index contributed by atoms with van der Waals surface area (Å²) >= 11 is 0. The van der Waals surface area contributed by atoms with E-state index < -0.39 is 0 Å². The van der Waals surface area contributed by atoms with E-state index in [1.807, 2.05) is 0 Å². The van der Waals surface area contributed by atoms with Crippen molar-refractivity contribution in [3.8, 4) is 0 Å². The van der Waals surface area contributed by atoms with Gasteiger partial charge in [0.05, 0.1) is 12.3 Å². The minimum Gasteiger partial charge on any atom is -0.392 e. The lowest BCUT2D eigenvalue weighted by Crippen LogP contribution is -1.99. The fourth-order valence-electron chi connectivity index (χ4n) is 1.87. The molecule has 0 atom stereocenters.